The highest BCUT2D eigenvalue weighted by atomic mass is 16.5. The molecule has 0 aliphatic rings. The van der Waals surface area contributed by atoms with Crippen LogP contribution in [0.1, 0.15) is 5.56 Å². The Hall–Kier alpha value is -2.47. The third-order valence-electron chi connectivity index (χ3n) is 2.75. The Morgan fingerprint density at radius 3 is 2.79 bits per heavy atom. The van der Waals surface area contributed by atoms with Gasteiger partial charge in [-0.25, -0.2) is 4.98 Å². The van der Waals surface area contributed by atoms with Crippen LogP contribution in [0, 0.1) is 0 Å². The first-order valence-electron chi connectivity index (χ1n) is 5.86. The Labute approximate surface area is 110 Å². The zero-order chi connectivity index (χ0) is 13.1. The summed E-state index contributed by atoms with van der Waals surface area (Å²) in [6.07, 6.45) is 5.15. The van der Waals surface area contributed by atoms with Crippen LogP contribution in [0.5, 0.6) is 0 Å². The maximum atomic E-state index is 5.08. The number of aromatic amines is 1. The van der Waals surface area contributed by atoms with Gasteiger partial charge in [0.05, 0.1) is 6.61 Å². The van der Waals surface area contributed by atoms with Crippen molar-refractivity contribution < 1.29 is 4.74 Å². The summed E-state index contributed by atoms with van der Waals surface area (Å²) in [6.45, 7) is 0.608. The average Bonchev–Trinajstić information content (AvgIpc) is 3.11. The lowest BCUT2D eigenvalue weighted by molar-refractivity contribution is 0.185. The van der Waals surface area contributed by atoms with Crippen LogP contribution in [-0.4, -0.2) is 31.8 Å². The second-order valence-electron chi connectivity index (χ2n) is 4.08. The molecule has 6 heteroatoms. The molecule has 0 aliphatic heterocycles. The molecule has 0 atom stereocenters. The first kappa shape index (κ1) is 11.6. The minimum Gasteiger partial charge on any atom is -0.380 e. The molecule has 3 aromatic rings. The van der Waals surface area contributed by atoms with E-state index in [1.54, 1.807) is 30.4 Å². The van der Waals surface area contributed by atoms with E-state index in [-0.39, 0.29) is 0 Å². The van der Waals surface area contributed by atoms with Gasteiger partial charge in [-0.2, -0.15) is 4.98 Å². The van der Waals surface area contributed by atoms with Crippen molar-refractivity contribution in [3.63, 3.8) is 0 Å². The highest BCUT2D eigenvalue weighted by molar-refractivity contribution is 5.55. The lowest BCUT2D eigenvalue weighted by Gasteiger charge is -2.00. The topological polar surface area (TPSA) is 68.6 Å². The molecule has 2 aromatic heterocycles. The lowest BCUT2D eigenvalue weighted by Crippen LogP contribution is -1.92. The Balaban J connectivity index is 1.86. The van der Waals surface area contributed by atoms with Crippen molar-refractivity contribution in [2.24, 2.45) is 0 Å². The van der Waals surface area contributed by atoms with Gasteiger partial charge < -0.3 is 4.74 Å². The van der Waals surface area contributed by atoms with E-state index in [9.17, 15) is 0 Å². The molecule has 2 heterocycles. The normalized spacial score (nSPS) is 10.8. The Bertz CT molecular complexity index is 642. The van der Waals surface area contributed by atoms with Crippen LogP contribution in [-0.2, 0) is 11.3 Å². The van der Waals surface area contributed by atoms with Crippen LogP contribution in [0.15, 0.2) is 43.0 Å². The Morgan fingerprint density at radius 2 is 2.11 bits per heavy atom. The van der Waals surface area contributed by atoms with Gasteiger partial charge in [0.25, 0.3) is 5.95 Å². The van der Waals surface area contributed by atoms with Gasteiger partial charge >= 0.3 is 0 Å². The number of methoxy groups -OCH3 is 1. The van der Waals surface area contributed by atoms with Crippen molar-refractivity contribution in [1.29, 1.82) is 0 Å². The summed E-state index contributed by atoms with van der Waals surface area (Å²) < 4.78 is 6.83. The molecule has 1 aromatic carbocycles. The van der Waals surface area contributed by atoms with Gasteiger partial charge in [-0.3, -0.25) is 9.67 Å². The summed E-state index contributed by atoms with van der Waals surface area (Å²) >= 11 is 0. The molecule has 0 fully saturated rings. The molecule has 0 saturated carbocycles. The van der Waals surface area contributed by atoms with Crippen LogP contribution in [0.4, 0.5) is 0 Å². The fourth-order valence-corrected chi connectivity index (χ4v) is 1.80. The van der Waals surface area contributed by atoms with Crippen molar-refractivity contribution in [2.75, 3.05) is 7.11 Å². The lowest BCUT2D eigenvalue weighted by atomic mass is 10.1. The highest BCUT2D eigenvalue weighted by Gasteiger charge is 2.06. The summed E-state index contributed by atoms with van der Waals surface area (Å²) in [5.41, 5.74) is 2.11. The van der Waals surface area contributed by atoms with E-state index in [0.717, 1.165) is 17.0 Å². The Kier molecular flexibility index (Phi) is 3.07. The van der Waals surface area contributed by atoms with E-state index in [4.69, 9.17) is 4.74 Å². The van der Waals surface area contributed by atoms with Crippen molar-refractivity contribution in [2.45, 2.75) is 6.61 Å². The summed E-state index contributed by atoms with van der Waals surface area (Å²) in [6, 6.07) is 8.01. The number of aromatic nitrogens is 5. The number of hydrogen-bond donors (Lipinski definition) is 1. The third-order valence-corrected chi connectivity index (χ3v) is 2.75. The van der Waals surface area contributed by atoms with Crippen molar-refractivity contribution in [1.82, 2.24) is 24.7 Å². The molecule has 96 valence electrons. The van der Waals surface area contributed by atoms with E-state index in [2.05, 4.69) is 20.2 Å². The molecular weight excluding hydrogens is 242 g/mol. The monoisotopic (exact) mass is 255 g/mol. The molecule has 1 N–H and O–H groups in total. The van der Waals surface area contributed by atoms with E-state index in [0.29, 0.717) is 12.6 Å². The summed E-state index contributed by atoms with van der Waals surface area (Å²) in [5, 5.41) is 7.08. The molecule has 0 unspecified atom stereocenters. The SMILES string of the molecule is COCc1ccc(-c2nc(-n3ccnc3)n[nH]2)cc1. The van der Waals surface area contributed by atoms with E-state index < -0.39 is 0 Å². The number of rotatable bonds is 4. The average molecular weight is 255 g/mol. The van der Waals surface area contributed by atoms with E-state index in [1.165, 1.54) is 0 Å². The third kappa shape index (κ3) is 2.38. The second-order valence-corrected chi connectivity index (χ2v) is 4.08. The van der Waals surface area contributed by atoms with Crippen molar-refractivity contribution >= 4 is 0 Å². The van der Waals surface area contributed by atoms with E-state index >= 15 is 0 Å². The first-order chi connectivity index (χ1) is 9.36. The van der Waals surface area contributed by atoms with Gasteiger partial charge in [-0.05, 0) is 5.56 Å². The van der Waals surface area contributed by atoms with Gasteiger partial charge in [-0.1, -0.05) is 24.3 Å². The van der Waals surface area contributed by atoms with Crippen LogP contribution in [0.2, 0.25) is 0 Å². The molecule has 6 nitrogen and oxygen atoms in total. The van der Waals surface area contributed by atoms with Crippen LogP contribution in [0.3, 0.4) is 0 Å². The zero-order valence-electron chi connectivity index (χ0n) is 10.4. The fraction of sp³-hybridized carbons (Fsp3) is 0.154. The summed E-state index contributed by atoms with van der Waals surface area (Å²) in [4.78, 5) is 8.39. The zero-order valence-corrected chi connectivity index (χ0v) is 10.4. The minimum absolute atomic E-state index is 0.577. The minimum atomic E-state index is 0.577. The number of ether oxygens (including phenoxy) is 1. The highest BCUT2D eigenvalue weighted by Crippen LogP contribution is 2.16. The number of benzene rings is 1. The number of imidazole rings is 1. The number of nitrogens with zero attached hydrogens (tertiary/aromatic N) is 4. The largest absolute Gasteiger partial charge is 0.380 e. The first-order valence-corrected chi connectivity index (χ1v) is 5.86. The molecule has 0 spiro atoms. The smallest absolute Gasteiger partial charge is 0.254 e. The quantitative estimate of drug-likeness (QED) is 0.772. The number of hydrogen-bond acceptors (Lipinski definition) is 4. The second kappa shape index (κ2) is 5.03. The van der Waals surface area contributed by atoms with Crippen molar-refractivity contribution in [3.8, 4) is 17.3 Å². The predicted octanol–water partition coefficient (Wildman–Crippen LogP) is 1.80. The van der Waals surface area contributed by atoms with Gasteiger partial charge in [0.1, 0.15) is 6.33 Å². The standard InChI is InChI=1S/C13H13N5O/c1-19-8-10-2-4-11(5-3-10)12-15-13(17-16-12)18-7-6-14-9-18/h2-7,9H,8H2,1H3,(H,15,16,17). The van der Waals surface area contributed by atoms with E-state index in [1.807, 2.05) is 24.3 Å². The Morgan fingerprint density at radius 1 is 1.26 bits per heavy atom. The molecule has 3 rings (SSSR count). The molecule has 0 aliphatic carbocycles. The maximum Gasteiger partial charge on any atom is 0.254 e. The molecular formula is C13H13N5O. The maximum absolute atomic E-state index is 5.08. The van der Waals surface area contributed by atoms with Crippen molar-refractivity contribution in [3.05, 3.63) is 48.5 Å². The van der Waals surface area contributed by atoms with Gasteiger partial charge in [0.2, 0.25) is 0 Å². The molecule has 0 bridgehead atoms. The van der Waals surface area contributed by atoms with Crippen LogP contribution < -0.4 is 0 Å². The fourth-order valence-electron chi connectivity index (χ4n) is 1.80. The molecule has 0 radical (unpaired) electrons. The molecule has 19 heavy (non-hydrogen) atoms. The number of nitrogens with one attached hydrogen (secondary N) is 1. The van der Waals surface area contributed by atoms with Gasteiger partial charge in [0, 0.05) is 25.1 Å². The van der Waals surface area contributed by atoms with Gasteiger partial charge in [0.15, 0.2) is 5.82 Å². The number of H-pyrrole nitrogens is 1. The molecule has 0 saturated heterocycles. The summed E-state index contributed by atoms with van der Waals surface area (Å²) in [5.74, 6) is 1.31. The predicted molar refractivity (Wildman–Crippen MR) is 69.7 cm³/mol. The molecule has 0 amide bonds. The van der Waals surface area contributed by atoms with Crippen LogP contribution in [0.25, 0.3) is 17.3 Å². The summed E-state index contributed by atoms with van der Waals surface area (Å²) in [7, 11) is 1.68. The van der Waals surface area contributed by atoms with Gasteiger partial charge in [-0.15, -0.1) is 5.10 Å². The van der Waals surface area contributed by atoms with Crippen LogP contribution >= 0.6 is 0 Å².